The van der Waals surface area contributed by atoms with Gasteiger partial charge in [-0.2, -0.15) is 0 Å². The Morgan fingerprint density at radius 1 is 1.25 bits per heavy atom. The van der Waals surface area contributed by atoms with Gasteiger partial charge in [-0.05, 0) is 37.0 Å². The Balaban J connectivity index is 1.60. The lowest BCUT2D eigenvalue weighted by Gasteiger charge is -2.34. The van der Waals surface area contributed by atoms with Crippen molar-refractivity contribution in [3.63, 3.8) is 0 Å². The van der Waals surface area contributed by atoms with Gasteiger partial charge in [0.05, 0.1) is 5.56 Å². The second-order valence-electron chi connectivity index (χ2n) is 5.66. The smallest absolute Gasteiger partial charge is 0.256 e. The lowest BCUT2D eigenvalue weighted by atomic mass is 10.1. The third-order valence-corrected chi connectivity index (χ3v) is 4.53. The molecule has 1 saturated carbocycles. The summed E-state index contributed by atoms with van der Waals surface area (Å²) in [6.45, 7) is 4.36. The van der Waals surface area contributed by atoms with E-state index in [1.807, 2.05) is 0 Å². The minimum absolute atomic E-state index is 0.170. The molecule has 108 valence electrons. The van der Waals surface area contributed by atoms with Gasteiger partial charge in [-0.25, -0.2) is 4.39 Å². The zero-order valence-corrected chi connectivity index (χ0v) is 12.9. The first-order chi connectivity index (χ1) is 9.63. The van der Waals surface area contributed by atoms with E-state index in [1.165, 1.54) is 18.9 Å². The summed E-state index contributed by atoms with van der Waals surface area (Å²) in [4.78, 5) is 16.5. The van der Waals surface area contributed by atoms with E-state index in [-0.39, 0.29) is 11.5 Å². The van der Waals surface area contributed by atoms with E-state index in [9.17, 15) is 9.18 Å². The molecule has 0 N–H and O–H groups in total. The molecule has 1 saturated heterocycles. The van der Waals surface area contributed by atoms with E-state index in [0.29, 0.717) is 17.6 Å². The van der Waals surface area contributed by atoms with Crippen LogP contribution in [-0.4, -0.2) is 48.4 Å². The number of carbonyl (C=O) groups is 1. The van der Waals surface area contributed by atoms with Crippen LogP contribution in [0.2, 0.25) is 0 Å². The topological polar surface area (TPSA) is 23.6 Å². The fourth-order valence-electron chi connectivity index (χ4n) is 2.63. The molecule has 1 aromatic rings. The second kappa shape index (κ2) is 5.82. The van der Waals surface area contributed by atoms with Crippen LogP contribution in [0.25, 0.3) is 0 Å². The maximum Gasteiger partial charge on any atom is 0.256 e. The number of rotatable bonds is 3. The Morgan fingerprint density at radius 2 is 1.95 bits per heavy atom. The molecule has 2 fully saturated rings. The number of amides is 1. The van der Waals surface area contributed by atoms with E-state index in [0.717, 1.165) is 25.6 Å². The number of piperazine rings is 1. The Bertz CT molecular complexity index is 511. The minimum Gasteiger partial charge on any atom is -0.336 e. The summed E-state index contributed by atoms with van der Waals surface area (Å²) in [5.41, 5.74) is 0.170. The predicted molar refractivity (Wildman–Crippen MR) is 79.2 cm³/mol. The van der Waals surface area contributed by atoms with E-state index in [4.69, 9.17) is 0 Å². The molecule has 0 aromatic heterocycles. The highest BCUT2D eigenvalue weighted by Gasteiger charge is 2.28. The van der Waals surface area contributed by atoms with Crippen molar-refractivity contribution in [2.75, 3.05) is 32.7 Å². The number of hydrogen-bond acceptors (Lipinski definition) is 2. The molecule has 20 heavy (non-hydrogen) atoms. The van der Waals surface area contributed by atoms with Gasteiger partial charge in [0.2, 0.25) is 0 Å². The van der Waals surface area contributed by atoms with Gasteiger partial charge in [0.15, 0.2) is 0 Å². The molecule has 1 aliphatic carbocycles. The van der Waals surface area contributed by atoms with Crippen LogP contribution < -0.4 is 0 Å². The van der Waals surface area contributed by atoms with Crippen LogP contribution in [0.1, 0.15) is 23.2 Å². The molecule has 1 aromatic carbocycles. The van der Waals surface area contributed by atoms with Crippen molar-refractivity contribution in [3.05, 3.63) is 34.1 Å². The van der Waals surface area contributed by atoms with Crippen molar-refractivity contribution < 1.29 is 9.18 Å². The van der Waals surface area contributed by atoms with Crippen LogP contribution in [0.3, 0.4) is 0 Å². The summed E-state index contributed by atoms with van der Waals surface area (Å²) < 4.78 is 14.5. The Labute approximate surface area is 126 Å². The number of hydrogen-bond donors (Lipinski definition) is 0. The zero-order chi connectivity index (χ0) is 14.1. The van der Waals surface area contributed by atoms with Gasteiger partial charge in [0.1, 0.15) is 5.82 Å². The third kappa shape index (κ3) is 3.20. The first kappa shape index (κ1) is 14.0. The average Bonchev–Trinajstić information content (AvgIpc) is 3.23. The first-order valence-corrected chi connectivity index (χ1v) is 7.89. The lowest BCUT2D eigenvalue weighted by molar-refractivity contribution is 0.0627. The van der Waals surface area contributed by atoms with Gasteiger partial charge >= 0.3 is 0 Å². The maximum atomic E-state index is 13.8. The summed E-state index contributed by atoms with van der Waals surface area (Å²) in [6.07, 6.45) is 2.70. The van der Waals surface area contributed by atoms with Gasteiger partial charge in [-0.1, -0.05) is 15.9 Å². The monoisotopic (exact) mass is 340 g/mol. The van der Waals surface area contributed by atoms with Crippen molar-refractivity contribution >= 4 is 21.8 Å². The summed E-state index contributed by atoms with van der Waals surface area (Å²) in [6, 6.07) is 4.61. The zero-order valence-electron chi connectivity index (χ0n) is 11.3. The largest absolute Gasteiger partial charge is 0.336 e. The van der Waals surface area contributed by atoms with E-state index in [2.05, 4.69) is 20.8 Å². The van der Waals surface area contributed by atoms with Crippen LogP contribution in [0.15, 0.2) is 22.7 Å². The van der Waals surface area contributed by atoms with E-state index in [1.54, 1.807) is 17.0 Å². The molecule has 1 amide bonds. The number of carbonyl (C=O) groups excluding carboxylic acids is 1. The van der Waals surface area contributed by atoms with Crippen molar-refractivity contribution in [1.29, 1.82) is 0 Å². The highest BCUT2D eigenvalue weighted by Crippen LogP contribution is 2.30. The Hall–Kier alpha value is -0.940. The molecule has 3 nitrogen and oxygen atoms in total. The van der Waals surface area contributed by atoms with E-state index < -0.39 is 5.82 Å². The van der Waals surface area contributed by atoms with Crippen LogP contribution in [0, 0.1) is 11.7 Å². The molecule has 0 atom stereocenters. The van der Waals surface area contributed by atoms with Crippen LogP contribution in [0.4, 0.5) is 4.39 Å². The fourth-order valence-corrected chi connectivity index (χ4v) is 2.97. The maximum absolute atomic E-state index is 13.8. The SMILES string of the molecule is O=C(c1ccc(Br)cc1F)N1CCN(CC2CC2)CC1. The van der Waals surface area contributed by atoms with Gasteiger partial charge in [0.25, 0.3) is 5.91 Å². The molecule has 0 bridgehead atoms. The van der Waals surface area contributed by atoms with Gasteiger partial charge in [0, 0.05) is 37.2 Å². The minimum atomic E-state index is -0.454. The Morgan fingerprint density at radius 3 is 2.55 bits per heavy atom. The quantitative estimate of drug-likeness (QED) is 0.844. The molecular formula is C15H18BrFN2O. The Kier molecular flexibility index (Phi) is 4.08. The molecule has 0 spiro atoms. The fraction of sp³-hybridized carbons (Fsp3) is 0.533. The number of nitrogens with zero attached hydrogens (tertiary/aromatic N) is 2. The second-order valence-corrected chi connectivity index (χ2v) is 6.58. The van der Waals surface area contributed by atoms with Crippen molar-refractivity contribution in [2.45, 2.75) is 12.8 Å². The normalized spacial score (nSPS) is 20.2. The van der Waals surface area contributed by atoms with Crippen LogP contribution in [0.5, 0.6) is 0 Å². The molecular weight excluding hydrogens is 323 g/mol. The average molecular weight is 341 g/mol. The van der Waals surface area contributed by atoms with Gasteiger partial charge < -0.3 is 4.90 Å². The van der Waals surface area contributed by atoms with E-state index >= 15 is 0 Å². The molecule has 1 heterocycles. The van der Waals surface area contributed by atoms with Crippen LogP contribution >= 0.6 is 15.9 Å². The highest BCUT2D eigenvalue weighted by molar-refractivity contribution is 9.10. The third-order valence-electron chi connectivity index (χ3n) is 4.03. The molecule has 5 heteroatoms. The summed E-state index contributed by atoms with van der Waals surface area (Å²) in [7, 11) is 0. The summed E-state index contributed by atoms with van der Waals surface area (Å²) >= 11 is 3.21. The van der Waals surface area contributed by atoms with Gasteiger partial charge in [-0.3, -0.25) is 9.69 Å². The van der Waals surface area contributed by atoms with Crippen molar-refractivity contribution in [3.8, 4) is 0 Å². The molecule has 0 unspecified atom stereocenters. The standard InChI is InChI=1S/C15H18BrFN2O/c16-12-3-4-13(14(17)9-12)15(20)19-7-5-18(6-8-19)10-11-1-2-11/h3-4,9,11H,1-2,5-8,10H2. The lowest BCUT2D eigenvalue weighted by Crippen LogP contribution is -2.49. The first-order valence-electron chi connectivity index (χ1n) is 7.10. The number of halogens is 2. The molecule has 1 aliphatic heterocycles. The molecule has 3 rings (SSSR count). The summed E-state index contributed by atoms with van der Waals surface area (Å²) in [5, 5.41) is 0. The molecule has 0 radical (unpaired) electrons. The highest BCUT2D eigenvalue weighted by atomic mass is 79.9. The predicted octanol–water partition coefficient (Wildman–Crippen LogP) is 2.76. The number of benzene rings is 1. The van der Waals surface area contributed by atoms with Crippen molar-refractivity contribution in [2.24, 2.45) is 5.92 Å². The summed E-state index contributed by atoms with van der Waals surface area (Å²) in [5.74, 6) is 0.229. The molecule has 2 aliphatic rings. The van der Waals surface area contributed by atoms with Gasteiger partial charge in [-0.15, -0.1) is 0 Å². The van der Waals surface area contributed by atoms with Crippen LogP contribution in [-0.2, 0) is 0 Å². The van der Waals surface area contributed by atoms with Crippen molar-refractivity contribution in [1.82, 2.24) is 9.80 Å².